The van der Waals surface area contributed by atoms with Crippen molar-refractivity contribution in [1.29, 1.82) is 0 Å². The minimum absolute atomic E-state index is 0. The van der Waals surface area contributed by atoms with Crippen LogP contribution in [0.3, 0.4) is 0 Å². The molecule has 0 spiro atoms. The van der Waals surface area contributed by atoms with Gasteiger partial charge in [0.25, 0.3) is 0 Å². The number of aryl methyl sites for hydroxylation is 2. The van der Waals surface area contributed by atoms with E-state index in [1.54, 1.807) is 0 Å². The average Bonchev–Trinajstić information content (AvgIpc) is 2.45. The monoisotopic (exact) mass is 326 g/mol. The summed E-state index contributed by atoms with van der Waals surface area (Å²) in [4.78, 5) is 12.1. The highest BCUT2D eigenvalue weighted by molar-refractivity contribution is 5.85. The van der Waals surface area contributed by atoms with Crippen LogP contribution in [-0.4, -0.2) is 31.6 Å². The molecule has 0 saturated carbocycles. The number of piperidine rings is 1. The Morgan fingerprint density at radius 1 is 1.36 bits per heavy atom. The third-order valence-electron chi connectivity index (χ3n) is 4.05. The maximum absolute atomic E-state index is 12.1. The molecule has 1 aromatic rings. The standard InChI is InChI=1S/C17H26N2O2.ClH/c1-12-5-4-6-13(2)16(12)21-10-9-19-17(20)15-7-8-18-14(3)11-15;/h4-6,14-15,18H,7-11H2,1-3H3,(H,19,20);1H/t14-,15-;/m0./s1. The van der Waals surface area contributed by atoms with Crippen LogP contribution in [0.5, 0.6) is 5.75 Å². The Morgan fingerprint density at radius 2 is 2.05 bits per heavy atom. The van der Waals surface area contributed by atoms with Crippen LogP contribution in [0.2, 0.25) is 0 Å². The van der Waals surface area contributed by atoms with Crippen molar-refractivity contribution in [3.8, 4) is 5.75 Å². The predicted octanol–water partition coefficient (Wildman–Crippen LogP) is 2.61. The molecule has 22 heavy (non-hydrogen) atoms. The van der Waals surface area contributed by atoms with Crippen molar-refractivity contribution in [3.05, 3.63) is 29.3 Å². The van der Waals surface area contributed by atoms with Gasteiger partial charge in [-0.2, -0.15) is 0 Å². The Hall–Kier alpha value is -1.26. The highest BCUT2D eigenvalue weighted by atomic mass is 35.5. The Balaban J connectivity index is 0.00000242. The smallest absolute Gasteiger partial charge is 0.223 e. The fourth-order valence-electron chi connectivity index (χ4n) is 2.87. The lowest BCUT2D eigenvalue weighted by molar-refractivity contribution is -0.126. The van der Waals surface area contributed by atoms with Crippen molar-refractivity contribution < 1.29 is 9.53 Å². The molecule has 0 radical (unpaired) electrons. The highest BCUT2D eigenvalue weighted by Crippen LogP contribution is 2.22. The van der Waals surface area contributed by atoms with E-state index in [4.69, 9.17) is 4.74 Å². The van der Waals surface area contributed by atoms with Gasteiger partial charge in [-0.1, -0.05) is 18.2 Å². The van der Waals surface area contributed by atoms with Gasteiger partial charge in [0.2, 0.25) is 5.91 Å². The van der Waals surface area contributed by atoms with E-state index in [2.05, 4.69) is 17.6 Å². The van der Waals surface area contributed by atoms with Crippen LogP contribution >= 0.6 is 12.4 Å². The first-order valence-corrected chi connectivity index (χ1v) is 7.78. The SMILES string of the molecule is Cc1cccc(C)c1OCCNC(=O)[C@H]1CCN[C@@H](C)C1.Cl. The minimum atomic E-state index is 0. The van der Waals surface area contributed by atoms with Crippen LogP contribution in [0.4, 0.5) is 0 Å². The van der Waals surface area contributed by atoms with E-state index < -0.39 is 0 Å². The molecule has 0 aromatic heterocycles. The largest absolute Gasteiger partial charge is 0.491 e. The maximum atomic E-state index is 12.1. The Labute approximate surface area is 139 Å². The van der Waals surface area contributed by atoms with Gasteiger partial charge in [-0.3, -0.25) is 4.79 Å². The Bertz CT molecular complexity index is 473. The molecule has 1 saturated heterocycles. The molecule has 0 unspecified atom stereocenters. The van der Waals surface area contributed by atoms with Gasteiger partial charge in [0.15, 0.2) is 0 Å². The lowest BCUT2D eigenvalue weighted by Gasteiger charge is -2.27. The number of hydrogen-bond acceptors (Lipinski definition) is 3. The van der Waals surface area contributed by atoms with Gasteiger partial charge in [0, 0.05) is 12.0 Å². The molecule has 1 aromatic carbocycles. The quantitative estimate of drug-likeness (QED) is 0.818. The van der Waals surface area contributed by atoms with Crippen LogP contribution in [0.15, 0.2) is 18.2 Å². The molecule has 0 bridgehead atoms. The Morgan fingerprint density at radius 3 is 2.68 bits per heavy atom. The molecular weight excluding hydrogens is 300 g/mol. The topological polar surface area (TPSA) is 50.4 Å². The lowest BCUT2D eigenvalue weighted by Crippen LogP contribution is -2.43. The summed E-state index contributed by atoms with van der Waals surface area (Å²) in [5, 5.41) is 6.35. The number of halogens is 1. The van der Waals surface area contributed by atoms with Crippen LogP contribution in [-0.2, 0) is 4.79 Å². The normalized spacial score (nSPS) is 20.9. The van der Waals surface area contributed by atoms with E-state index in [1.165, 1.54) is 0 Å². The molecule has 4 nitrogen and oxygen atoms in total. The van der Waals surface area contributed by atoms with Gasteiger partial charge in [-0.05, 0) is 51.3 Å². The van der Waals surface area contributed by atoms with Gasteiger partial charge in [0.05, 0.1) is 6.54 Å². The summed E-state index contributed by atoms with van der Waals surface area (Å²) >= 11 is 0. The van der Waals surface area contributed by atoms with Crippen LogP contribution in [0, 0.1) is 19.8 Å². The lowest BCUT2D eigenvalue weighted by atomic mass is 9.92. The molecule has 2 N–H and O–H groups in total. The third-order valence-corrected chi connectivity index (χ3v) is 4.05. The van der Waals surface area contributed by atoms with Crippen LogP contribution in [0.1, 0.15) is 30.9 Å². The number of rotatable bonds is 5. The summed E-state index contributed by atoms with van der Waals surface area (Å²) < 4.78 is 5.80. The molecule has 1 aliphatic heterocycles. The number of para-hydroxylation sites is 1. The molecule has 1 heterocycles. The summed E-state index contributed by atoms with van der Waals surface area (Å²) in [5.74, 6) is 1.23. The number of benzene rings is 1. The zero-order chi connectivity index (χ0) is 15.2. The second-order valence-electron chi connectivity index (χ2n) is 5.94. The van der Waals surface area contributed by atoms with Crippen LogP contribution in [0.25, 0.3) is 0 Å². The first-order valence-electron chi connectivity index (χ1n) is 7.78. The van der Waals surface area contributed by atoms with Crippen molar-refractivity contribution in [1.82, 2.24) is 10.6 Å². The van der Waals surface area contributed by atoms with Gasteiger partial charge in [0.1, 0.15) is 12.4 Å². The summed E-state index contributed by atoms with van der Waals surface area (Å²) in [6.45, 7) is 8.21. The maximum Gasteiger partial charge on any atom is 0.223 e. The zero-order valence-corrected chi connectivity index (χ0v) is 14.5. The molecule has 124 valence electrons. The van der Waals surface area contributed by atoms with E-state index >= 15 is 0 Å². The number of ether oxygens (including phenoxy) is 1. The average molecular weight is 327 g/mol. The van der Waals surface area contributed by atoms with E-state index in [1.807, 2.05) is 32.0 Å². The number of nitrogens with one attached hydrogen (secondary N) is 2. The molecule has 5 heteroatoms. The fourth-order valence-corrected chi connectivity index (χ4v) is 2.87. The van der Waals surface area contributed by atoms with E-state index in [0.717, 1.165) is 36.3 Å². The van der Waals surface area contributed by atoms with Gasteiger partial charge in [-0.25, -0.2) is 0 Å². The minimum Gasteiger partial charge on any atom is -0.491 e. The summed E-state index contributed by atoms with van der Waals surface area (Å²) in [7, 11) is 0. The van der Waals surface area contributed by atoms with Crippen LogP contribution < -0.4 is 15.4 Å². The Kier molecular flexibility index (Phi) is 7.69. The summed E-state index contributed by atoms with van der Waals surface area (Å²) in [6, 6.07) is 6.53. The van der Waals surface area contributed by atoms with Crippen molar-refractivity contribution in [2.75, 3.05) is 19.7 Å². The van der Waals surface area contributed by atoms with Gasteiger partial charge < -0.3 is 15.4 Å². The number of amides is 1. The molecular formula is C17H27ClN2O2. The zero-order valence-electron chi connectivity index (χ0n) is 13.6. The van der Waals surface area contributed by atoms with E-state index in [-0.39, 0.29) is 24.2 Å². The number of carbonyl (C=O) groups is 1. The molecule has 1 aliphatic rings. The van der Waals surface area contributed by atoms with Gasteiger partial charge >= 0.3 is 0 Å². The highest BCUT2D eigenvalue weighted by Gasteiger charge is 2.24. The predicted molar refractivity (Wildman–Crippen MR) is 91.9 cm³/mol. The molecule has 0 aliphatic carbocycles. The molecule has 1 amide bonds. The van der Waals surface area contributed by atoms with E-state index in [9.17, 15) is 4.79 Å². The second kappa shape index (κ2) is 9.01. The van der Waals surface area contributed by atoms with Crippen molar-refractivity contribution in [3.63, 3.8) is 0 Å². The van der Waals surface area contributed by atoms with Crippen molar-refractivity contribution >= 4 is 18.3 Å². The van der Waals surface area contributed by atoms with Gasteiger partial charge in [-0.15, -0.1) is 12.4 Å². The number of hydrogen-bond donors (Lipinski definition) is 2. The van der Waals surface area contributed by atoms with Crippen molar-refractivity contribution in [2.24, 2.45) is 5.92 Å². The summed E-state index contributed by atoms with van der Waals surface area (Å²) in [6.07, 6.45) is 1.84. The fraction of sp³-hybridized carbons (Fsp3) is 0.588. The first kappa shape index (κ1) is 18.8. The number of carbonyl (C=O) groups excluding carboxylic acids is 1. The summed E-state index contributed by atoms with van der Waals surface area (Å²) in [5.41, 5.74) is 2.27. The third kappa shape index (κ3) is 5.18. The molecule has 2 rings (SSSR count). The molecule has 2 atom stereocenters. The van der Waals surface area contributed by atoms with E-state index in [0.29, 0.717) is 19.2 Å². The first-order chi connectivity index (χ1) is 10.1. The van der Waals surface area contributed by atoms with Crippen molar-refractivity contribution in [2.45, 2.75) is 39.7 Å². The second-order valence-corrected chi connectivity index (χ2v) is 5.94. The molecule has 1 fully saturated rings.